The van der Waals surface area contributed by atoms with Crippen LogP contribution in [0, 0.1) is 10.1 Å². The average Bonchev–Trinajstić information content (AvgIpc) is 2.78. The Morgan fingerprint density at radius 2 is 2.29 bits per heavy atom. The van der Waals surface area contributed by atoms with Gasteiger partial charge in [-0.1, -0.05) is 0 Å². The topological polar surface area (TPSA) is 102 Å². The van der Waals surface area contributed by atoms with E-state index in [2.05, 4.69) is 9.97 Å². The number of rotatable bonds is 3. The predicted molar refractivity (Wildman–Crippen MR) is 59.1 cm³/mol. The Hall–Kier alpha value is -2.70. The number of H-pyrrole nitrogens is 1. The van der Waals surface area contributed by atoms with Crippen LogP contribution in [-0.4, -0.2) is 14.9 Å². The summed E-state index contributed by atoms with van der Waals surface area (Å²) in [5.41, 5.74) is -0.839. The van der Waals surface area contributed by atoms with Crippen molar-refractivity contribution in [2.24, 2.45) is 0 Å². The van der Waals surface area contributed by atoms with E-state index >= 15 is 0 Å². The van der Waals surface area contributed by atoms with Crippen LogP contribution in [0.4, 0.5) is 5.69 Å². The summed E-state index contributed by atoms with van der Waals surface area (Å²) in [7, 11) is 0. The summed E-state index contributed by atoms with van der Waals surface area (Å²) in [5, 5.41) is 10.7. The highest BCUT2D eigenvalue weighted by molar-refractivity contribution is 5.69. The van der Waals surface area contributed by atoms with E-state index in [4.69, 9.17) is 4.42 Å². The summed E-state index contributed by atoms with van der Waals surface area (Å²) in [5.74, 6) is 0.525. The molecule has 0 amide bonds. The Bertz CT molecular complexity index is 613. The van der Waals surface area contributed by atoms with Gasteiger partial charge in [-0.05, 0) is 24.3 Å². The van der Waals surface area contributed by atoms with Gasteiger partial charge >= 0.3 is 11.4 Å². The van der Waals surface area contributed by atoms with Crippen molar-refractivity contribution in [2.45, 2.75) is 0 Å². The summed E-state index contributed by atoms with van der Waals surface area (Å²) in [6.45, 7) is 0. The van der Waals surface area contributed by atoms with Gasteiger partial charge in [0.15, 0.2) is 0 Å². The van der Waals surface area contributed by atoms with Crippen LogP contribution >= 0.6 is 0 Å². The van der Waals surface area contributed by atoms with Crippen LogP contribution in [0.3, 0.4) is 0 Å². The summed E-state index contributed by atoms with van der Waals surface area (Å²) >= 11 is 0. The zero-order chi connectivity index (χ0) is 12.3. The maximum atomic E-state index is 11.0. The van der Waals surface area contributed by atoms with Crippen LogP contribution in [-0.2, 0) is 0 Å². The summed E-state index contributed by atoms with van der Waals surface area (Å²) in [6, 6.07) is 3.37. The number of aromatic nitrogens is 2. The van der Waals surface area contributed by atoms with Crippen molar-refractivity contribution < 1.29 is 9.34 Å². The molecule has 0 radical (unpaired) electrons. The zero-order valence-electron chi connectivity index (χ0n) is 8.49. The molecule has 0 saturated carbocycles. The normalized spacial score (nSPS) is 10.8. The van der Waals surface area contributed by atoms with Crippen molar-refractivity contribution in [3.05, 3.63) is 56.6 Å². The highest BCUT2D eigenvalue weighted by atomic mass is 16.6. The number of hydrogen-bond donors (Lipinski definition) is 1. The number of furan rings is 1. The van der Waals surface area contributed by atoms with Crippen molar-refractivity contribution in [3.63, 3.8) is 0 Å². The van der Waals surface area contributed by atoms with E-state index in [9.17, 15) is 14.9 Å². The molecule has 0 spiro atoms. The fraction of sp³-hybridized carbons (Fsp3) is 0. The van der Waals surface area contributed by atoms with Gasteiger partial charge in [-0.15, -0.1) is 0 Å². The molecule has 0 saturated heterocycles. The van der Waals surface area contributed by atoms with Gasteiger partial charge in [0, 0.05) is 0 Å². The molecule has 7 nitrogen and oxygen atoms in total. The van der Waals surface area contributed by atoms with Crippen molar-refractivity contribution in [2.75, 3.05) is 0 Å². The largest absolute Gasteiger partial charge is 0.465 e. The number of nitrogens with one attached hydrogen (secondary N) is 1. The minimum Gasteiger partial charge on any atom is -0.465 e. The van der Waals surface area contributed by atoms with Gasteiger partial charge in [0.2, 0.25) is 0 Å². The Morgan fingerprint density at radius 1 is 1.47 bits per heavy atom. The Labute approximate surface area is 94.6 Å². The number of hydrogen-bond acceptors (Lipinski definition) is 5. The molecule has 2 rings (SSSR count). The molecule has 0 bridgehead atoms. The molecular weight excluding hydrogens is 226 g/mol. The number of nitrogens with zero attached hydrogens (tertiary/aromatic N) is 2. The maximum Gasteiger partial charge on any atom is 0.345 e. The molecule has 7 heteroatoms. The second-order valence-corrected chi connectivity index (χ2v) is 3.09. The molecule has 2 aromatic rings. The molecule has 0 aliphatic rings. The van der Waals surface area contributed by atoms with Crippen LogP contribution < -0.4 is 5.69 Å². The molecule has 0 aliphatic heterocycles. The third-order valence-corrected chi connectivity index (χ3v) is 1.98. The minimum absolute atomic E-state index is 0.0754. The molecule has 2 aromatic heterocycles. The molecule has 2 heterocycles. The van der Waals surface area contributed by atoms with Gasteiger partial charge in [-0.25, -0.2) is 4.79 Å². The molecule has 0 unspecified atom stereocenters. The third-order valence-electron chi connectivity index (χ3n) is 1.98. The van der Waals surface area contributed by atoms with Crippen molar-refractivity contribution >= 4 is 17.8 Å². The van der Waals surface area contributed by atoms with Crippen molar-refractivity contribution in [3.8, 4) is 0 Å². The lowest BCUT2D eigenvalue weighted by molar-refractivity contribution is -0.385. The lowest BCUT2D eigenvalue weighted by Crippen LogP contribution is -2.12. The summed E-state index contributed by atoms with van der Waals surface area (Å²) < 4.78 is 5.02. The quantitative estimate of drug-likeness (QED) is 0.638. The average molecular weight is 233 g/mol. The Balaban J connectivity index is 2.40. The van der Waals surface area contributed by atoms with Gasteiger partial charge in [-0.2, -0.15) is 4.98 Å². The lowest BCUT2D eigenvalue weighted by Gasteiger charge is -1.95. The minimum atomic E-state index is -0.644. The van der Waals surface area contributed by atoms with Crippen LogP contribution in [0.1, 0.15) is 11.5 Å². The lowest BCUT2D eigenvalue weighted by atomic mass is 10.3. The zero-order valence-corrected chi connectivity index (χ0v) is 8.49. The van der Waals surface area contributed by atoms with E-state index in [1.807, 2.05) is 0 Å². The second kappa shape index (κ2) is 4.44. The van der Waals surface area contributed by atoms with Crippen molar-refractivity contribution in [1.29, 1.82) is 0 Å². The van der Waals surface area contributed by atoms with Crippen LogP contribution in [0.15, 0.2) is 33.8 Å². The predicted octanol–water partition coefficient (Wildman–Crippen LogP) is 1.44. The molecule has 1 N–H and O–H groups in total. The first-order chi connectivity index (χ1) is 8.16. The monoisotopic (exact) mass is 233 g/mol. The fourth-order valence-corrected chi connectivity index (χ4v) is 1.22. The third kappa shape index (κ3) is 2.46. The van der Waals surface area contributed by atoms with E-state index in [1.54, 1.807) is 12.1 Å². The SMILES string of the molecule is O=c1ncc([N+](=O)[O-])c(/C=C/c2ccco2)[nH]1. The number of nitro groups is 1. The number of aromatic amines is 1. The molecule has 0 atom stereocenters. The van der Waals surface area contributed by atoms with Gasteiger partial charge in [-0.3, -0.25) is 10.1 Å². The first kappa shape index (κ1) is 10.8. The standard InChI is InChI=1S/C10H7N3O4/c14-10-11-6-9(13(15)16)8(12-10)4-3-7-2-1-5-17-7/h1-6H,(H,11,12,14)/b4-3+. The van der Waals surface area contributed by atoms with Gasteiger partial charge < -0.3 is 9.40 Å². The highest BCUT2D eigenvalue weighted by Crippen LogP contribution is 2.15. The highest BCUT2D eigenvalue weighted by Gasteiger charge is 2.12. The first-order valence-corrected chi connectivity index (χ1v) is 4.62. The van der Waals surface area contributed by atoms with E-state index in [1.165, 1.54) is 18.4 Å². The summed E-state index contributed by atoms with van der Waals surface area (Å²) in [6.07, 6.45) is 5.29. The molecule has 86 valence electrons. The van der Waals surface area contributed by atoms with Gasteiger partial charge in [0.1, 0.15) is 17.7 Å². The van der Waals surface area contributed by atoms with E-state index in [0.717, 1.165) is 6.20 Å². The molecule has 0 aliphatic carbocycles. The van der Waals surface area contributed by atoms with Crippen LogP contribution in [0.25, 0.3) is 12.2 Å². The molecule has 0 fully saturated rings. The van der Waals surface area contributed by atoms with Crippen LogP contribution in [0.5, 0.6) is 0 Å². The van der Waals surface area contributed by atoms with Crippen molar-refractivity contribution in [1.82, 2.24) is 9.97 Å². The first-order valence-electron chi connectivity index (χ1n) is 4.62. The summed E-state index contributed by atoms with van der Waals surface area (Å²) in [4.78, 5) is 26.6. The Morgan fingerprint density at radius 3 is 2.94 bits per heavy atom. The smallest absolute Gasteiger partial charge is 0.345 e. The van der Waals surface area contributed by atoms with Crippen LogP contribution in [0.2, 0.25) is 0 Å². The van der Waals surface area contributed by atoms with Gasteiger partial charge in [0.25, 0.3) is 0 Å². The maximum absolute atomic E-state index is 11.0. The molecular formula is C10H7N3O4. The molecule has 0 aromatic carbocycles. The Kier molecular flexibility index (Phi) is 2.82. The second-order valence-electron chi connectivity index (χ2n) is 3.09. The van der Waals surface area contributed by atoms with E-state index < -0.39 is 10.6 Å². The molecule has 17 heavy (non-hydrogen) atoms. The van der Waals surface area contributed by atoms with E-state index in [-0.39, 0.29) is 11.4 Å². The van der Waals surface area contributed by atoms with E-state index in [0.29, 0.717) is 5.76 Å². The van der Waals surface area contributed by atoms with Gasteiger partial charge in [0.05, 0.1) is 11.2 Å². The fourth-order valence-electron chi connectivity index (χ4n) is 1.22.